The maximum atomic E-state index is 12.9. The van der Waals surface area contributed by atoms with Crippen LogP contribution in [-0.2, 0) is 19.1 Å². The standard InChI is InChI=1S/C17H17NO4/c1-10-3-5-11(6-4-10)18-9-17-8-7-12(22-17)13(16(20)21-2)14(17)15(18)19/h3-8,12-14H,9H2,1-2H3/t12-,13-,14+,17-/m0/s1. The molecule has 3 aliphatic rings. The zero-order valence-corrected chi connectivity index (χ0v) is 12.5. The lowest BCUT2D eigenvalue weighted by Gasteiger charge is -2.22. The van der Waals surface area contributed by atoms with Crippen molar-refractivity contribution in [2.45, 2.75) is 18.6 Å². The Morgan fingerprint density at radius 2 is 2.09 bits per heavy atom. The molecule has 4 atom stereocenters. The summed E-state index contributed by atoms with van der Waals surface area (Å²) in [6, 6.07) is 7.79. The second-order valence-corrected chi connectivity index (χ2v) is 6.18. The number of methoxy groups -OCH3 is 1. The highest BCUT2D eigenvalue weighted by Crippen LogP contribution is 2.52. The monoisotopic (exact) mass is 299 g/mol. The Kier molecular flexibility index (Phi) is 2.72. The predicted molar refractivity (Wildman–Crippen MR) is 79.3 cm³/mol. The summed E-state index contributed by atoms with van der Waals surface area (Å²) in [4.78, 5) is 26.7. The number of hydrogen-bond donors (Lipinski definition) is 0. The zero-order chi connectivity index (χ0) is 15.5. The molecule has 2 saturated heterocycles. The van der Waals surface area contributed by atoms with E-state index >= 15 is 0 Å². The summed E-state index contributed by atoms with van der Waals surface area (Å²) < 4.78 is 10.9. The van der Waals surface area contributed by atoms with Gasteiger partial charge in [0.1, 0.15) is 11.5 Å². The molecule has 1 aromatic rings. The molecule has 1 aromatic carbocycles. The number of benzene rings is 1. The molecule has 0 radical (unpaired) electrons. The normalized spacial score (nSPS) is 35.1. The molecule has 0 N–H and O–H groups in total. The van der Waals surface area contributed by atoms with E-state index in [-0.39, 0.29) is 18.0 Å². The van der Waals surface area contributed by atoms with Crippen molar-refractivity contribution < 1.29 is 19.1 Å². The molecular formula is C17H17NO4. The molecule has 2 fully saturated rings. The molecule has 114 valence electrons. The molecule has 0 unspecified atom stereocenters. The SMILES string of the molecule is COC(=O)[C@H]1[C@@H]2C=C[C@@]3(CN(c4ccc(C)cc4)C(=O)[C@@H]13)O2. The van der Waals surface area contributed by atoms with Crippen LogP contribution in [0.2, 0.25) is 0 Å². The Hall–Kier alpha value is -2.14. The van der Waals surface area contributed by atoms with Gasteiger partial charge in [-0.05, 0) is 19.1 Å². The first-order valence-corrected chi connectivity index (χ1v) is 7.39. The van der Waals surface area contributed by atoms with E-state index < -0.39 is 17.4 Å². The molecule has 1 spiro atoms. The summed E-state index contributed by atoms with van der Waals surface area (Å²) in [5.74, 6) is -1.47. The van der Waals surface area contributed by atoms with Gasteiger partial charge in [0.2, 0.25) is 5.91 Å². The highest BCUT2D eigenvalue weighted by atomic mass is 16.5. The van der Waals surface area contributed by atoms with Crippen molar-refractivity contribution in [3.05, 3.63) is 42.0 Å². The summed E-state index contributed by atoms with van der Waals surface area (Å²) in [6.07, 6.45) is 3.47. The molecule has 3 aliphatic heterocycles. The minimum atomic E-state index is -0.689. The summed E-state index contributed by atoms with van der Waals surface area (Å²) in [5.41, 5.74) is 1.28. The van der Waals surface area contributed by atoms with Gasteiger partial charge in [-0.2, -0.15) is 0 Å². The van der Waals surface area contributed by atoms with Crippen LogP contribution in [0.4, 0.5) is 5.69 Å². The summed E-state index contributed by atoms with van der Waals surface area (Å²) >= 11 is 0. The van der Waals surface area contributed by atoms with Crippen molar-refractivity contribution in [1.29, 1.82) is 0 Å². The predicted octanol–water partition coefficient (Wildman–Crippen LogP) is 1.45. The minimum absolute atomic E-state index is 0.0638. The number of nitrogens with zero attached hydrogens (tertiary/aromatic N) is 1. The molecule has 4 rings (SSSR count). The molecule has 0 saturated carbocycles. The van der Waals surface area contributed by atoms with E-state index in [2.05, 4.69) is 0 Å². The van der Waals surface area contributed by atoms with Gasteiger partial charge in [0.05, 0.1) is 25.7 Å². The van der Waals surface area contributed by atoms with Crippen LogP contribution in [0, 0.1) is 18.8 Å². The maximum Gasteiger partial charge on any atom is 0.312 e. The number of anilines is 1. The van der Waals surface area contributed by atoms with E-state index in [1.54, 1.807) is 4.90 Å². The molecule has 3 heterocycles. The van der Waals surface area contributed by atoms with Crippen LogP contribution in [0.15, 0.2) is 36.4 Å². The van der Waals surface area contributed by atoms with Crippen LogP contribution in [-0.4, -0.2) is 37.2 Å². The van der Waals surface area contributed by atoms with Gasteiger partial charge in [-0.3, -0.25) is 9.59 Å². The Balaban J connectivity index is 1.71. The second-order valence-electron chi connectivity index (χ2n) is 6.18. The lowest BCUT2D eigenvalue weighted by atomic mass is 9.77. The Morgan fingerprint density at radius 1 is 1.36 bits per heavy atom. The Labute approximate surface area is 128 Å². The Bertz CT molecular complexity index is 680. The summed E-state index contributed by atoms with van der Waals surface area (Å²) in [6.45, 7) is 2.45. The molecule has 5 heteroatoms. The number of carbonyl (C=O) groups is 2. The van der Waals surface area contributed by atoms with Gasteiger partial charge in [-0.1, -0.05) is 29.8 Å². The van der Waals surface area contributed by atoms with Crippen LogP contribution in [0.5, 0.6) is 0 Å². The van der Waals surface area contributed by atoms with Gasteiger partial charge < -0.3 is 14.4 Å². The third-order valence-electron chi connectivity index (χ3n) is 4.92. The van der Waals surface area contributed by atoms with Crippen molar-refractivity contribution >= 4 is 17.6 Å². The highest BCUT2D eigenvalue weighted by molar-refractivity contribution is 6.02. The van der Waals surface area contributed by atoms with Gasteiger partial charge >= 0.3 is 5.97 Å². The first kappa shape index (κ1) is 13.5. The number of esters is 1. The first-order chi connectivity index (χ1) is 10.6. The van der Waals surface area contributed by atoms with Crippen LogP contribution < -0.4 is 4.90 Å². The van der Waals surface area contributed by atoms with Crippen molar-refractivity contribution in [3.63, 3.8) is 0 Å². The number of ether oxygens (including phenoxy) is 2. The molecule has 1 amide bonds. The molecule has 0 aliphatic carbocycles. The maximum absolute atomic E-state index is 12.9. The van der Waals surface area contributed by atoms with E-state index in [0.29, 0.717) is 6.54 Å². The van der Waals surface area contributed by atoms with Gasteiger partial charge in [0, 0.05) is 5.69 Å². The average Bonchev–Trinajstić information content (AvgIpc) is 3.16. The van der Waals surface area contributed by atoms with E-state index in [0.717, 1.165) is 11.3 Å². The van der Waals surface area contributed by atoms with Crippen molar-refractivity contribution in [2.24, 2.45) is 11.8 Å². The fourth-order valence-corrected chi connectivity index (χ4v) is 3.85. The van der Waals surface area contributed by atoms with Gasteiger partial charge in [0.25, 0.3) is 0 Å². The number of aryl methyl sites for hydroxylation is 1. The van der Waals surface area contributed by atoms with Crippen LogP contribution in [0.25, 0.3) is 0 Å². The van der Waals surface area contributed by atoms with E-state index in [1.165, 1.54) is 7.11 Å². The molecule has 0 aromatic heterocycles. The second kappa shape index (κ2) is 4.43. The summed E-state index contributed by atoms with van der Waals surface area (Å²) in [5, 5.41) is 0. The third kappa shape index (κ3) is 1.63. The van der Waals surface area contributed by atoms with Gasteiger partial charge in [-0.15, -0.1) is 0 Å². The minimum Gasteiger partial charge on any atom is -0.469 e. The number of amides is 1. The molecule has 2 bridgehead atoms. The van der Waals surface area contributed by atoms with E-state index in [1.807, 2.05) is 43.3 Å². The molecule has 22 heavy (non-hydrogen) atoms. The van der Waals surface area contributed by atoms with Crippen LogP contribution in [0.3, 0.4) is 0 Å². The lowest BCUT2D eigenvalue weighted by molar-refractivity contribution is -0.149. The van der Waals surface area contributed by atoms with Gasteiger partial charge in [-0.25, -0.2) is 0 Å². The lowest BCUT2D eigenvalue weighted by Crippen LogP contribution is -2.39. The largest absolute Gasteiger partial charge is 0.469 e. The highest BCUT2D eigenvalue weighted by Gasteiger charge is 2.67. The number of rotatable bonds is 2. The Morgan fingerprint density at radius 3 is 2.77 bits per heavy atom. The number of carbonyl (C=O) groups excluding carboxylic acids is 2. The number of fused-ring (bicyclic) bond motifs is 1. The third-order valence-corrected chi connectivity index (χ3v) is 4.92. The smallest absolute Gasteiger partial charge is 0.312 e. The van der Waals surface area contributed by atoms with Crippen molar-refractivity contribution in [2.75, 3.05) is 18.6 Å². The van der Waals surface area contributed by atoms with Crippen molar-refractivity contribution in [3.8, 4) is 0 Å². The van der Waals surface area contributed by atoms with Gasteiger partial charge in [0.15, 0.2) is 0 Å². The molecular weight excluding hydrogens is 282 g/mol. The fraction of sp³-hybridized carbons (Fsp3) is 0.412. The fourth-order valence-electron chi connectivity index (χ4n) is 3.85. The quantitative estimate of drug-likeness (QED) is 0.613. The van der Waals surface area contributed by atoms with E-state index in [9.17, 15) is 9.59 Å². The number of hydrogen-bond acceptors (Lipinski definition) is 4. The first-order valence-electron chi connectivity index (χ1n) is 7.39. The van der Waals surface area contributed by atoms with Crippen molar-refractivity contribution in [1.82, 2.24) is 0 Å². The summed E-state index contributed by atoms with van der Waals surface area (Å²) in [7, 11) is 1.35. The van der Waals surface area contributed by atoms with Crippen LogP contribution in [0.1, 0.15) is 5.56 Å². The van der Waals surface area contributed by atoms with Crippen LogP contribution >= 0.6 is 0 Å². The topological polar surface area (TPSA) is 55.8 Å². The van der Waals surface area contributed by atoms with E-state index in [4.69, 9.17) is 9.47 Å². The average molecular weight is 299 g/mol. The molecule has 5 nitrogen and oxygen atoms in total. The zero-order valence-electron chi connectivity index (χ0n) is 12.5.